The highest BCUT2D eigenvalue weighted by atomic mass is 32.2. The number of hydrogen-bond donors (Lipinski definition) is 3. The number of carbonyl (C=O) groups excluding carboxylic acids is 2. The van der Waals surface area contributed by atoms with E-state index in [1.165, 1.54) is 30.3 Å². The number of sulfonamides is 1. The number of halogens is 1. The van der Waals surface area contributed by atoms with Gasteiger partial charge in [-0.2, -0.15) is 0 Å². The standard InChI is InChI=1S/C16H16FN3O4S/c1-25(23,24)20-12-6-4-5-11(9-12)19-15(21)10-18-16(22)13-7-2-3-8-14(13)17/h2-9,20H,10H2,1H3,(H,18,22)(H,19,21). The van der Waals surface area contributed by atoms with Crippen molar-refractivity contribution >= 4 is 33.2 Å². The summed E-state index contributed by atoms with van der Waals surface area (Å²) in [4.78, 5) is 23.7. The second-order valence-corrected chi connectivity index (χ2v) is 6.91. The average molecular weight is 365 g/mol. The van der Waals surface area contributed by atoms with Crippen LogP contribution in [0.25, 0.3) is 0 Å². The van der Waals surface area contributed by atoms with Gasteiger partial charge in [-0.1, -0.05) is 18.2 Å². The molecule has 0 aliphatic heterocycles. The Kier molecular flexibility index (Phi) is 5.71. The Balaban J connectivity index is 1.93. The normalized spacial score (nSPS) is 10.8. The van der Waals surface area contributed by atoms with Gasteiger partial charge in [0.05, 0.1) is 24.1 Å². The Labute approximate surface area is 144 Å². The predicted molar refractivity (Wildman–Crippen MR) is 92.3 cm³/mol. The van der Waals surface area contributed by atoms with Crippen molar-refractivity contribution in [2.45, 2.75) is 0 Å². The second-order valence-electron chi connectivity index (χ2n) is 5.17. The maximum absolute atomic E-state index is 13.5. The van der Waals surface area contributed by atoms with Gasteiger partial charge in [0.1, 0.15) is 5.82 Å². The Hall–Kier alpha value is -2.94. The van der Waals surface area contributed by atoms with E-state index < -0.39 is 27.7 Å². The molecular weight excluding hydrogens is 349 g/mol. The van der Waals surface area contributed by atoms with Crippen molar-refractivity contribution in [3.63, 3.8) is 0 Å². The zero-order valence-corrected chi connectivity index (χ0v) is 14.1. The average Bonchev–Trinajstić information content (AvgIpc) is 2.52. The Morgan fingerprint density at radius 2 is 1.72 bits per heavy atom. The molecule has 132 valence electrons. The third-order valence-corrected chi connectivity index (χ3v) is 3.58. The molecule has 7 nitrogen and oxygen atoms in total. The van der Waals surface area contributed by atoms with Gasteiger partial charge in [-0.3, -0.25) is 14.3 Å². The molecule has 25 heavy (non-hydrogen) atoms. The molecule has 0 saturated heterocycles. The topological polar surface area (TPSA) is 104 Å². The van der Waals surface area contributed by atoms with Gasteiger partial charge in [0.2, 0.25) is 15.9 Å². The maximum atomic E-state index is 13.5. The lowest BCUT2D eigenvalue weighted by molar-refractivity contribution is -0.115. The summed E-state index contributed by atoms with van der Waals surface area (Å²) >= 11 is 0. The van der Waals surface area contributed by atoms with Crippen molar-refractivity contribution in [1.82, 2.24) is 5.32 Å². The molecule has 3 N–H and O–H groups in total. The monoisotopic (exact) mass is 365 g/mol. The van der Waals surface area contributed by atoms with Crippen molar-refractivity contribution < 1.29 is 22.4 Å². The van der Waals surface area contributed by atoms with Crippen LogP contribution in [0.1, 0.15) is 10.4 Å². The van der Waals surface area contributed by atoms with Gasteiger partial charge in [-0.25, -0.2) is 12.8 Å². The first-order chi connectivity index (χ1) is 11.7. The SMILES string of the molecule is CS(=O)(=O)Nc1cccc(NC(=O)CNC(=O)c2ccccc2F)c1. The zero-order chi connectivity index (χ0) is 18.4. The molecule has 0 fully saturated rings. The molecule has 9 heteroatoms. The summed E-state index contributed by atoms with van der Waals surface area (Å²) in [6.07, 6.45) is 1.01. The minimum atomic E-state index is -3.43. The molecule has 0 aliphatic rings. The van der Waals surface area contributed by atoms with Crippen LogP contribution in [-0.4, -0.2) is 33.0 Å². The second kappa shape index (κ2) is 7.75. The first-order valence-electron chi connectivity index (χ1n) is 7.15. The van der Waals surface area contributed by atoms with Crippen LogP contribution >= 0.6 is 0 Å². The van der Waals surface area contributed by atoms with Crippen LogP contribution in [0.15, 0.2) is 48.5 Å². The van der Waals surface area contributed by atoms with E-state index in [2.05, 4.69) is 15.4 Å². The number of nitrogens with one attached hydrogen (secondary N) is 3. The quantitative estimate of drug-likeness (QED) is 0.723. The maximum Gasteiger partial charge on any atom is 0.254 e. The highest BCUT2D eigenvalue weighted by Crippen LogP contribution is 2.15. The van der Waals surface area contributed by atoms with E-state index >= 15 is 0 Å². The van der Waals surface area contributed by atoms with E-state index in [0.29, 0.717) is 5.69 Å². The smallest absolute Gasteiger partial charge is 0.254 e. The van der Waals surface area contributed by atoms with E-state index in [1.54, 1.807) is 12.1 Å². The first-order valence-corrected chi connectivity index (χ1v) is 9.04. The van der Waals surface area contributed by atoms with Crippen molar-refractivity contribution in [2.24, 2.45) is 0 Å². The van der Waals surface area contributed by atoms with Crippen molar-refractivity contribution in [1.29, 1.82) is 0 Å². The summed E-state index contributed by atoms with van der Waals surface area (Å²) in [5.74, 6) is -1.93. The predicted octanol–water partition coefficient (Wildman–Crippen LogP) is 1.57. The summed E-state index contributed by atoms with van der Waals surface area (Å²) in [7, 11) is -3.43. The summed E-state index contributed by atoms with van der Waals surface area (Å²) in [5, 5.41) is 4.82. The van der Waals surface area contributed by atoms with Gasteiger partial charge in [-0.05, 0) is 30.3 Å². The molecule has 0 radical (unpaired) electrons. The molecule has 0 heterocycles. The van der Waals surface area contributed by atoms with Gasteiger partial charge < -0.3 is 10.6 Å². The molecule has 2 aromatic carbocycles. The number of rotatable bonds is 6. The molecule has 2 rings (SSSR count). The molecule has 0 saturated carbocycles. The van der Waals surface area contributed by atoms with Gasteiger partial charge in [0.15, 0.2) is 0 Å². The highest BCUT2D eigenvalue weighted by molar-refractivity contribution is 7.92. The highest BCUT2D eigenvalue weighted by Gasteiger charge is 2.12. The van der Waals surface area contributed by atoms with E-state index in [0.717, 1.165) is 12.3 Å². The van der Waals surface area contributed by atoms with Gasteiger partial charge in [-0.15, -0.1) is 0 Å². The zero-order valence-electron chi connectivity index (χ0n) is 13.2. The van der Waals surface area contributed by atoms with E-state index in [9.17, 15) is 22.4 Å². The van der Waals surface area contributed by atoms with Crippen LogP contribution in [0.4, 0.5) is 15.8 Å². The van der Waals surface area contributed by atoms with Crippen molar-refractivity contribution in [3.8, 4) is 0 Å². The van der Waals surface area contributed by atoms with E-state index in [4.69, 9.17) is 0 Å². The van der Waals surface area contributed by atoms with Crippen LogP contribution in [-0.2, 0) is 14.8 Å². The molecule has 0 bridgehead atoms. The Morgan fingerprint density at radius 3 is 2.40 bits per heavy atom. The molecule has 0 aromatic heterocycles. The lowest BCUT2D eigenvalue weighted by atomic mass is 10.2. The number of amides is 2. The van der Waals surface area contributed by atoms with Gasteiger partial charge >= 0.3 is 0 Å². The molecule has 2 aromatic rings. The molecule has 0 unspecified atom stereocenters. The molecular formula is C16H16FN3O4S. The van der Waals surface area contributed by atoms with Gasteiger partial charge in [0.25, 0.3) is 5.91 Å². The fraction of sp³-hybridized carbons (Fsp3) is 0.125. The third-order valence-electron chi connectivity index (χ3n) is 2.98. The fourth-order valence-corrected chi connectivity index (χ4v) is 2.54. The lowest BCUT2D eigenvalue weighted by Crippen LogP contribution is -2.33. The molecule has 0 aliphatic carbocycles. The van der Waals surface area contributed by atoms with Crippen LogP contribution < -0.4 is 15.4 Å². The summed E-state index contributed by atoms with van der Waals surface area (Å²) in [6, 6.07) is 11.5. The summed E-state index contributed by atoms with van der Waals surface area (Å²) < 4.78 is 38.2. The van der Waals surface area contributed by atoms with Crippen LogP contribution in [0, 0.1) is 5.82 Å². The minimum Gasteiger partial charge on any atom is -0.343 e. The van der Waals surface area contributed by atoms with E-state index in [-0.39, 0.29) is 17.8 Å². The van der Waals surface area contributed by atoms with Crippen molar-refractivity contribution in [2.75, 3.05) is 22.8 Å². The number of benzene rings is 2. The molecule has 2 amide bonds. The number of hydrogen-bond acceptors (Lipinski definition) is 4. The van der Waals surface area contributed by atoms with Crippen LogP contribution in [0.2, 0.25) is 0 Å². The van der Waals surface area contributed by atoms with E-state index in [1.807, 2.05) is 0 Å². The first kappa shape index (κ1) is 18.4. The number of anilines is 2. The summed E-state index contributed by atoms with van der Waals surface area (Å²) in [5.41, 5.74) is 0.476. The third kappa shape index (κ3) is 5.88. The van der Waals surface area contributed by atoms with Gasteiger partial charge in [0, 0.05) is 5.69 Å². The lowest BCUT2D eigenvalue weighted by Gasteiger charge is -2.09. The largest absolute Gasteiger partial charge is 0.343 e. The minimum absolute atomic E-state index is 0.158. The number of carbonyl (C=O) groups is 2. The molecule has 0 atom stereocenters. The van der Waals surface area contributed by atoms with Crippen LogP contribution in [0.5, 0.6) is 0 Å². The molecule has 0 spiro atoms. The van der Waals surface area contributed by atoms with Crippen molar-refractivity contribution in [3.05, 3.63) is 59.9 Å². The fourth-order valence-electron chi connectivity index (χ4n) is 1.98. The Bertz CT molecular complexity index is 900. The van der Waals surface area contributed by atoms with Crippen LogP contribution in [0.3, 0.4) is 0 Å². The summed E-state index contributed by atoms with van der Waals surface area (Å²) in [6.45, 7) is -0.364. The Morgan fingerprint density at radius 1 is 1.04 bits per heavy atom.